The SMILES string of the molecule is CC(=O)[C@H]1CC[C@H]2[C@@H]3CCC4=C/C(=N\OCC(=O)N[C@@H](C(=O)O)[C@@H](O)c5ccccc5)CC[C@]4(C)[C@H]3CC[C@]12C. The first-order valence-electron chi connectivity index (χ1n) is 14.7. The van der Waals surface area contributed by atoms with E-state index in [-0.39, 0.29) is 16.7 Å². The minimum absolute atomic E-state index is 0.122. The summed E-state index contributed by atoms with van der Waals surface area (Å²) in [6.45, 7) is 6.13. The van der Waals surface area contributed by atoms with Crippen LogP contribution in [0.1, 0.15) is 83.8 Å². The zero-order chi connectivity index (χ0) is 28.7. The van der Waals surface area contributed by atoms with Gasteiger partial charge in [-0.25, -0.2) is 4.79 Å². The summed E-state index contributed by atoms with van der Waals surface area (Å²) in [6, 6.07) is 6.86. The molecule has 4 aliphatic carbocycles. The fourth-order valence-corrected chi connectivity index (χ4v) is 8.82. The van der Waals surface area contributed by atoms with Crippen molar-refractivity contribution in [3.8, 4) is 0 Å². The molecule has 4 aliphatic rings. The normalized spacial score (nSPS) is 35.4. The molecular weight excluding hydrogens is 508 g/mol. The van der Waals surface area contributed by atoms with Crippen LogP contribution in [0.3, 0.4) is 0 Å². The van der Waals surface area contributed by atoms with Crippen molar-refractivity contribution in [1.29, 1.82) is 0 Å². The highest BCUT2D eigenvalue weighted by atomic mass is 16.6. The molecule has 8 nitrogen and oxygen atoms in total. The van der Waals surface area contributed by atoms with E-state index >= 15 is 0 Å². The van der Waals surface area contributed by atoms with Crippen LogP contribution in [0.5, 0.6) is 0 Å². The molecule has 0 radical (unpaired) electrons. The molecular formula is C32H42N2O6. The molecule has 0 bridgehead atoms. The lowest BCUT2D eigenvalue weighted by molar-refractivity contribution is -0.146. The zero-order valence-electron chi connectivity index (χ0n) is 23.8. The predicted molar refractivity (Wildman–Crippen MR) is 150 cm³/mol. The van der Waals surface area contributed by atoms with Crippen LogP contribution in [-0.4, -0.2) is 46.2 Å². The van der Waals surface area contributed by atoms with Gasteiger partial charge in [0.2, 0.25) is 0 Å². The second-order valence-corrected chi connectivity index (χ2v) is 12.9. The first-order valence-corrected chi connectivity index (χ1v) is 14.7. The third-order valence-corrected chi connectivity index (χ3v) is 10.9. The third kappa shape index (κ3) is 5.11. The number of carbonyl (C=O) groups excluding carboxylic acids is 2. The van der Waals surface area contributed by atoms with Crippen molar-refractivity contribution in [3.63, 3.8) is 0 Å². The van der Waals surface area contributed by atoms with E-state index in [0.29, 0.717) is 29.1 Å². The van der Waals surface area contributed by atoms with Crippen LogP contribution in [0.25, 0.3) is 0 Å². The number of allylic oxidation sites excluding steroid dienone is 2. The van der Waals surface area contributed by atoms with E-state index in [1.807, 2.05) is 0 Å². The number of rotatable bonds is 8. The minimum Gasteiger partial charge on any atom is -0.480 e. The number of Topliss-reactive ketones (excluding diaryl/α,β-unsaturated/α-hetero) is 1. The van der Waals surface area contributed by atoms with Gasteiger partial charge in [0.1, 0.15) is 11.9 Å². The Morgan fingerprint density at radius 2 is 1.80 bits per heavy atom. The Labute approximate surface area is 236 Å². The van der Waals surface area contributed by atoms with Crippen LogP contribution in [0.4, 0.5) is 0 Å². The van der Waals surface area contributed by atoms with E-state index in [0.717, 1.165) is 50.7 Å². The number of amides is 1. The standard InChI is InChI=1S/C32H42N2O6/c1-19(35)24-11-12-25-23-10-9-21-17-22(13-15-31(21,2)26(23)14-16-32(24,25)3)34-40-18-27(36)33-28(30(38)39)29(37)20-7-5-4-6-8-20/h4-8,17,23-26,28-29,37H,9-16,18H2,1-3H3,(H,33,36)(H,38,39)/b34-22-/t23-,24+,25-,26-,28+,29-,31-,32+/m0/s1. The van der Waals surface area contributed by atoms with E-state index < -0.39 is 30.6 Å². The molecule has 216 valence electrons. The number of fused-ring (bicyclic) bond motifs is 5. The lowest BCUT2D eigenvalue weighted by atomic mass is 9.46. The fourth-order valence-electron chi connectivity index (χ4n) is 8.82. The van der Waals surface area contributed by atoms with Gasteiger partial charge in [-0.2, -0.15) is 0 Å². The maximum atomic E-state index is 12.4. The van der Waals surface area contributed by atoms with Crippen LogP contribution in [0.15, 0.2) is 47.1 Å². The molecule has 3 fully saturated rings. The molecule has 3 saturated carbocycles. The summed E-state index contributed by atoms with van der Waals surface area (Å²) >= 11 is 0. The number of hydrogen-bond donors (Lipinski definition) is 3. The number of carboxylic acids is 1. The van der Waals surface area contributed by atoms with Crippen LogP contribution in [0, 0.1) is 34.5 Å². The molecule has 5 rings (SSSR count). The maximum absolute atomic E-state index is 12.4. The van der Waals surface area contributed by atoms with Gasteiger partial charge in [-0.15, -0.1) is 0 Å². The molecule has 0 aromatic heterocycles. The number of ketones is 1. The second kappa shape index (κ2) is 11.1. The summed E-state index contributed by atoms with van der Waals surface area (Å²) in [5.74, 6) is 0.502. The average molecular weight is 551 g/mol. The summed E-state index contributed by atoms with van der Waals surface area (Å²) in [5.41, 5.74) is 2.88. The van der Waals surface area contributed by atoms with Gasteiger partial charge in [0.25, 0.3) is 5.91 Å². The number of oxime groups is 1. The number of carboxylic acid groups (broad SMARTS) is 1. The smallest absolute Gasteiger partial charge is 0.329 e. The van der Waals surface area contributed by atoms with Crippen molar-refractivity contribution in [1.82, 2.24) is 5.32 Å². The Morgan fingerprint density at radius 3 is 2.50 bits per heavy atom. The Morgan fingerprint density at radius 1 is 1.05 bits per heavy atom. The number of hydrogen-bond acceptors (Lipinski definition) is 6. The van der Waals surface area contributed by atoms with Crippen LogP contribution >= 0.6 is 0 Å². The molecule has 0 heterocycles. The lowest BCUT2D eigenvalue weighted by Gasteiger charge is -2.58. The lowest BCUT2D eigenvalue weighted by Crippen LogP contribution is -2.51. The van der Waals surface area contributed by atoms with Crippen molar-refractivity contribution in [2.45, 2.75) is 84.3 Å². The number of aliphatic hydroxyl groups excluding tert-OH is 1. The largest absolute Gasteiger partial charge is 0.480 e. The van der Waals surface area contributed by atoms with Crippen LogP contribution in [0.2, 0.25) is 0 Å². The molecule has 40 heavy (non-hydrogen) atoms. The van der Waals surface area contributed by atoms with E-state index in [1.54, 1.807) is 37.3 Å². The van der Waals surface area contributed by atoms with Gasteiger partial charge in [-0.3, -0.25) is 9.59 Å². The van der Waals surface area contributed by atoms with Crippen molar-refractivity contribution in [2.75, 3.05) is 6.61 Å². The van der Waals surface area contributed by atoms with Gasteiger partial charge >= 0.3 is 5.97 Å². The highest BCUT2D eigenvalue weighted by Crippen LogP contribution is 2.66. The Bertz CT molecular complexity index is 1210. The predicted octanol–water partition coefficient (Wildman–Crippen LogP) is 4.83. The summed E-state index contributed by atoms with van der Waals surface area (Å²) < 4.78 is 0. The zero-order valence-corrected chi connectivity index (χ0v) is 23.8. The minimum atomic E-state index is -1.50. The van der Waals surface area contributed by atoms with Crippen molar-refractivity contribution >= 4 is 23.4 Å². The number of nitrogens with one attached hydrogen (secondary N) is 1. The van der Waals surface area contributed by atoms with E-state index in [9.17, 15) is 24.6 Å². The van der Waals surface area contributed by atoms with Gasteiger partial charge in [-0.1, -0.05) is 54.9 Å². The van der Waals surface area contributed by atoms with E-state index in [1.165, 1.54) is 12.0 Å². The quantitative estimate of drug-likeness (QED) is 0.398. The number of aliphatic hydroxyl groups is 1. The molecule has 0 aliphatic heterocycles. The molecule has 0 saturated heterocycles. The molecule has 0 unspecified atom stereocenters. The molecule has 0 spiro atoms. The average Bonchev–Trinajstić information content (AvgIpc) is 3.29. The van der Waals surface area contributed by atoms with Crippen LogP contribution < -0.4 is 5.32 Å². The number of carbonyl (C=O) groups is 3. The summed E-state index contributed by atoms with van der Waals surface area (Å²) in [5, 5.41) is 26.6. The third-order valence-electron chi connectivity index (χ3n) is 10.9. The number of benzene rings is 1. The summed E-state index contributed by atoms with van der Waals surface area (Å²) in [7, 11) is 0. The fraction of sp³-hybridized carbons (Fsp3) is 0.625. The number of nitrogens with zero attached hydrogens (tertiary/aromatic N) is 1. The second-order valence-electron chi connectivity index (χ2n) is 12.9. The molecule has 1 amide bonds. The van der Waals surface area contributed by atoms with Gasteiger partial charge in [0.05, 0.1) is 5.71 Å². The molecule has 8 heteroatoms. The van der Waals surface area contributed by atoms with Gasteiger partial charge in [0.15, 0.2) is 12.6 Å². The highest BCUT2D eigenvalue weighted by molar-refractivity contribution is 5.96. The Kier molecular flexibility index (Phi) is 7.92. The van der Waals surface area contributed by atoms with Gasteiger partial charge in [0, 0.05) is 5.92 Å². The molecule has 8 atom stereocenters. The molecule has 1 aromatic carbocycles. The van der Waals surface area contributed by atoms with Crippen molar-refractivity contribution in [3.05, 3.63) is 47.5 Å². The Hall–Kier alpha value is -3.00. The summed E-state index contributed by atoms with van der Waals surface area (Å²) in [4.78, 5) is 41.9. The highest BCUT2D eigenvalue weighted by Gasteiger charge is 2.59. The van der Waals surface area contributed by atoms with Gasteiger partial charge in [-0.05, 0) is 98.5 Å². The van der Waals surface area contributed by atoms with Crippen molar-refractivity contribution < 1.29 is 29.4 Å². The Balaban J connectivity index is 1.20. The monoisotopic (exact) mass is 550 g/mol. The summed E-state index contributed by atoms with van der Waals surface area (Å²) in [6.07, 6.45) is 9.17. The van der Waals surface area contributed by atoms with E-state index in [2.05, 4.69) is 30.4 Å². The molecule has 3 N–H and O–H groups in total. The van der Waals surface area contributed by atoms with E-state index in [4.69, 9.17) is 4.84 Å². The van der Waals surface area contributed by atoms with Crippen molar-refractivity contribution in [2.24, 2.45) is 39.7 Å². The number of aliphatic carboxylic acids is 1. The maximum Gasteiger partial charge on any atom is 0.329 e. The van der Waals surface area contributed by atoms with Gasteiger partial charge < -0.3 is 20.4 Å². The first-order chi connectivity index (χ1) is 19.0. The first kappa shape index (κ1) is 28.5. The topological polar surface area (TPSA) is 125 Å². The van der Waals surface area contributed by atoms with Crippen LogP contribution in [-0.2, 0) is 19.2 Å². The molecule has 1 aromatic rings.